The zero-order valence-electron chi connectivity index (χ0n) is 17.3. The standard InChI is InChI=1S/C20H19N5O7S/c1-31-14-6-2-13(3-7-14)25-17(20(28)32-23-25)11-22-16-10-18(26)24(19(16)27)12-4-8-15(9-5-12)33(21,29)30/h2-9,16,22H,10-11H2,1H3,(H2-,21,23,28,29,30). The summed E-state index contributed by atoms with van der Waals surface area (Å²) in [6.45, 7) is -0.0871. The second kappa shape index (κ2) is 8.61. The van der Waals surface area contributed by atoms with Gasteiger partial charge in [-0.3, -0.25) is 14.9 Å². The van der Waals surface area contributed by atoms with E-state index in [2.05, 4.69) is 10.6 Å². The van der Waals surface area contributed by atoms with E-state index in [1.54, 1.807) is 24.3 Å². The molecular weight excluding hydrogens is 454 g/mol. The summed E-state index contributed by atoms with van der Waals surface area (Å²) in [5.41, 5.74) is 0.893. The minimum Gasteiger partial charge on any atom is -0.539 e. The van der Waals surface area contributed by atoms with Gasteiger partial charge >= 0.3 is 0 Å². The van der Waals surface area contributed by atoms with Gasteiger partial charge in [0.15, 0.2) is 5.95 Å². The summed E-state index contributed by atoms with van der Waals surface area (Å²) in [6.07, 6.45) is -0.141. The molecule has 1 fully saturated rings. The number of anilines is 1. The second-order valence-electron chi connectivity index (χ2n) is 7.16. The summed E-state index contributed by atoms with van der Waals surface area (Å²) >= 11 is 0. The van der Waals surface area contributed by atoms with E-state index in [9.17, 15) is 23.1 Å². The maximum Gasteiger partial charge on any atom is 0.253 e. The Hall–Kier alpha value is -3.81. The molecule has 0 aliphatic carbocycles. The van der Waals surface area contributed by atoms with Crippen LogP contribution in [0.5, 0.6) is 11.7 Å². The van der Waals surface area contributed by atoms with Crippen LogP contribution in [0.2, 0.25) is 0 Å². The topological polar surface area (TPSA) is 172 Å². The third-order valence-corrected chi connectivity index (χ3v) is 6.03. The zero-order valence-corrected chi connectivity index (χ0v) is 18.1. The smallest absolute Gasteiger partial charge is 0.253 e. The van der Waals surface area contributed by atoms with Gasteiger partial charge in [-0.25, -0.2) is 18.5 Å². The molecule has 1 saturated heterocycles. The highest BCUT2D eigenvalue weighted by atomic mass is 32.2. The van der Waals surface area contributed by atoms with Crippen LogP contribution in [0.15, 0.2) is 57.9 Å². The number of nitrogens with one attached hydrogen (secondary N) is 1. The van der Waals surface area contributed by atoms with Crippen LogP contribution in [0, 0.1) is 0 Å². The Balaban J connectivity index is 1.49. The van der Waals surface area contributed by atoms with Crippen molar-refractivity contribution in [3.05, 3.63) is 54.2 Å². The zero-order chi connectivity index (χ0) is 23.8. The van der Waals surface area contributed by atoms with Gasteiger partial charge in [-0.1, -0.05) is 0 Å². The fourth-order valence-electron chi connectivity index (χ4n) is 3.41. The number of aromatic nitrogens is 2. The van der Waals surface area contributed by atoms with E-state index >= 15 is 0 Å². The molecule has 0 spiro atoms. The number of hydrogen-bond acceptors (Lipinski definition) is 9. The van der Waals surface area contributed by atoms with E-state index in [-0.39, 0.29) is 29.2 Å². The molecule has 172 valence electrons. The number of benzene rings is 2. The normalized spacial score (nSPS) is 16.4. The van der Waals surface area contributed by atoms with Crippen LogP contribution in [-0.2, 0) is 26.2 Å². The molecule has 0 bridgehead atoms. The summed E-state index contributed by atoms with van der Waals surface area (Å²) in [5.74, 6) is -1.08. The van der Waals surface area contributed by atoms with Gasteiger partial charge in [-0.2, -0.15) is 0 Å². The van der Waals surface area contributed by atoms with E-state index in [0.717, 1.165) is 4.90 Å². The fraction of sp³-hybridized carbons (Fsp3) is 0.200. The monoisotopic (exact) mass is 473 g/mol. The lowest BCUT2D eigenvalue weighted by Crippen LogP contribution is -2.43. The van der Waals surface area contributed by atoms with Gasteiger partial charge in [-0.15, -0.1) is 0 Å². The highest BCUT2D eigenvalue weighted by molar-refractivity contribution is 7.89. The van der Waals surface area contributed by atoms with Crippen molar-refractivity contribution in [1.82, 2.24) is 10.6 Å². The van der Waals surface area contributed by atoms with E-state index < -0.39 is 33.8 Å². The fourth-order valence-corrected chi connectivity index (χ4v) is 3.92. The van der Waals surface area contributed by atoms with Crippen molar-refractivity contribution < 1.29 is 37.1 Å². The Morgan fingerprint density at radius 3 is 2.48 bits per heavy atom. The number of carbonyl (C=O) groups excluding carboxylic acids is 2. The number of carbonyl (C=O) groups is 2. The van der Waals surface area contributed by atoms with Gasteiger partial charge in [-0.05, 0) is 41.1 Å². The van der Waals surface area contributed by atoms with Crippen molar-refractivity contribution in [2.24, 2.45) is 5.14 Å². The summed E-state index contributed by atoms with van der Waals surface area (Å²) in [7, 11) is -2.38. The highest BCUT2D eigenvalue weighted by Gasteiger charge is 2.40. The number of primary sulfonamides is 1. The van der Waals surface area contributed by atoms with Gasteiger partial charge in [0, 0.05) is 12.1 Å². The molecule has 1 unspecified atom stereocenters. The summed E-state index contributed by atoms with van der Waals surface area (Å²) in [4.78, 5) is 26.1. The molecule has 4 rings (SSSR count). The molecule has 3 aromatic rings. The number of amides is 2. The quantitative estimate of drug-likeness (QED) is 0.326. The number of nitrogens with two attached hydrogens (primary N) is 1. The number of ether oxygens (including phenoxy) is 1. The van der Waals surface area contributed by atoms with Crippen LogP contribution in [0.25, 0.3) is 5.69 Å². The van der Waals surface area contributed by atoms with Crippen molar-refractivity contribution in [3.8, 4) is 17.4 Å². The van der Waals surface area contributed by atoms with Crippen LogP contribution < -0.4 is 29.9 Å². The Kier molecular flexibility index (Phi) is 5.84. The van der Waals surface area contributed by atoms with Gasteiger partial charge in [0.05, 0.1) is 42.0 Å². The average molecular weight is 473 g/mol. The first-order chi connectivity index (χ1) is 15.7. The lowest BCUT2D eigenvalue weighted by molar-refractivity contribution is -0.677. The van der Waals surface area contributed by atoms with Gasteiger partial charge in [0.2, 0.25) is 21.6 Å². The number of rotatable bonds is 7. The first-order valence-corrected chi connectivity index (χ1v) is 11.2. The van der Waals surface area contributed by atoms with Crippen molar-refractivity contribution in [1.29, 1.82) is 0 Å². The van der Waals surface area contributed by atoms with Crippen molar-refractivity contribution in [2.75, 3.05) is 12.0 Å². The minimum atomic E-state index is -3.90. The molecular formula is C20H19N5O7S. The average Bonchev–Trinajstić information content (AvgIpc) is 3.30. The van der Waals surface area contributed by atoms with Crippen molar-refractivity contribution in [2.45, 2.75) is 23.9 Å². The first-order valence-electron chi connectivity index (χ1n) is 9.64. The van der Waals surface area contributed by atoms with E-state index in [4.69, 9.17) is 14.4 Å². The number of methoxy groups -OCH3 is 1. The van der Waals surface area contributed by atoms with Crippen LogP contribution in [0.3, 0.4) is 0 Å². The van der Waals surface area contributed by atoms with Crippen LogP contribution in [-0.4, -0.2) is 38.7 Å². The lowest BCUT2D eigenvalue weighted by Gasteiger charge is -2.15. The van der Waals surface area contributed by atoms with Gasteiger partial charge < -0.3 is 14.4 Å². The van der Waals surface area contributed by atoms with Crippen LogP contribution >= 0.6 is 0 Å². The number of sulfonamides is 1. The van der Waals surface area contributed by atoms with E-state index in [1.807, 2.05) is 0 Å². The third-order valence-electron chi connectivity index (χ3n) is 5.10. The minimum absolute atomic E-state index is 0.0871. The molecule has 1 aromatic heterocycles. The Morgan fingerprint density at radius 2 is 1.88 bits per heavy atom. The molecule has 2 aromatic carbocycles. The van der Waals surface area contributed by atoms with Crippen molar-refractivity contribution in [3.63, 3.8) is 0 Å². The summed E-state index contributed by atoms with van der Waals surface area (Å²) in [6, 6.07) is 10.9. The molecule has 33 heavy (non-hydrogen) atoms. The molecule has 12 nitrogen and oxygen atoms in total. The predicted molar refractivity (Wildman–Crippen MR) is 110 cm³/mol. The highest BCUT2D eigenvalue weighted by Crippen LogP contribution is 2.24. The number of nitrogens with zero attached hydrogens (tertiary/aromatic N) is 3. The van der Waals surface area contributed by atoms with Crippen molar-refractivity contribution >= 4 is 27.5 Å². The Morgan fingerprint density at radius 1 is 1.21 bits per heavy atom. The third kappa shape index (κ3) is 4.41. The van der Waals surface area contributed by atoms with Crippen LogP contribution in [0.4, 0.5) is 5.69 Å². The molecule has 2 amide bonds. The maximum absolute atomic E-state index is 12.8. The molecule has 1 aliphatic rings. The maximum atomic E-state index is 12.8. The molecule has 1 aliphatic heterocycles. The molecule has 3 N–H and O–H groups in total. The Labute approximate surface area is 188 Å². The second-order valence-corrected chi connectivity index (χ2v) is 8.72. The van der Waals surface area contributed by atoms with E-state index in [0.29, 0.717) is 11.4 Å². The van der Waals surface area contributed by atoms with Gasteiger partial charge in [0.25, 0.3) is 11.6 Å². The number of imide groups is 1. The lowest BCUT2D eigenvalue weighted by atomic mass is 10.2. The van der Waals surface area contributed by atoms with E-state index in [1.165, 1.54) is 36.1 Å². The molecule has 0 saturated carbocycles. The Bertz CT molecular complexity index is 1300. The number of hydrogen-bond donors (Lipinski definition) is 2. The largest absolute Gasteiger partial charge is 0.539 e. The molecule has 1 atom stereocenters. The first kappa shape index (κ1) is 22.4. The SMILES string of the molecule is COc1ccc(-[n+]2noc([O-])c2CNC2CC(=O)N(c3ccc(S(N)(=O)=O)cc3)C2=O)cc1. The van der Waals surface area contributed by atoms with Crippen LogP contribution in [0.1, 0.15) is 12.1 Å². The summed E-state index contributed by atoms with van der Waals surface area (Å²) in [5, 5.41) is 23.9. The summed E-state index contributed by atoms with van der Waals surface area (Å²) < 4.78 is 34.0. The molecule has 13 heteroatoms. The predicted octanol–water partition coefficient (Wildman–Crippen LogP) is -0.897. The van der Waals surface area contributed by atoms with Gasteiger partial charge in [0.1, 0.15) is 5.75 Å². The molecule has 0 radical (unpaired) electrons. The molecule has 2 heterocycles.